The molecule has 0 amide bonds. The highest BCUT2D eigenvalue weighted by molar-refractivity contribution is 6.07. The number of rotatable bonds is 5. The van der Waals surface area contributed by atoms with Crippen LogP contribution in [0.1, 0.15) is 25.0 Å². The van der Waals surface area contributed by atoms with E-state index >= 15 is 0 Å². The van der Waals surface area contributed by atoms with Crippen molar-refractivity contribution in [2.45, 2.75) is 19.3 Å². The summed E-state index contributed by atoms with van der Waals surface area (Å²) in [6.07, 6.45) is 0. The fourth-order valence-corrected chi connectivity index (χ4v) is 7.61. The molecule has 0 radical (unpaired) electrons. The third-order valence-corrected chi connectivity index (χ3v) is 9.88. The fourth-order valence-electron chi connectivity index (χ4n) is 7.61. The molecule has 0 saturated carbocycles. The van der Waals surface area contributed by atoms with Gasteiger partial charge in [0.1, 0.15) is 11.2 Å². The highest BCUT2D eigenvalue weighted by Gasteiger charge is 2.36. The molecule has 1 aliphatic carbocycles. The summed E-state index contributed by atoms with van der Waals surface area (Å²) in [5.74, 6) is 0. The molecule has 0 fully saturated rings. The van der Waals surface area contributed by atoms with Gasteiger partial charge in [-0.2, -0.15) is 0 Å². The highest BCUT2D eigenvalue weighted by Crippen LogP contribution is 2.52. The molecule has 0 bridgehead atoms. The van der Waals surface area contributed by atoms with Gasteiger partial charge < -0.3 is 9.32 Å². The molecule has 2 heteroatoms. The second kappa shape index (κ2) is 10.6. The van der Waals surface area contributed by atoms with E-state index in [1.54, 1.807) is 0 Å². The van der Waals surface area contributed by atoms with Crippen molar-refractivity contribution in [2.75, 3.05) is 4.90 Å². The average Bonchev–Trinajstić information content (AvgIpc) is 3.60. The van der Waals surface area contributed by atoms with E-state index in [9.17, 15) is 0 Å². The van der Waals surface area contributed by atoms with Crippen LogP contribution in [-0.2, 0) is 5.41 Å². The lowest BCUT2D eigenvalue weighted by Crippen LogP contribution is -2.17. The van der Waals surface area contributed by atoms with Crippen LogP contribution in [0.25, 0.3) is 55.3 Å². The first-order valence-corrected chi connectivity index (χ1v) is 16.3. The van der Waals surface area contributed by atoms with E-state index in [-0.39, 0.29) is 5.41 Å². The van der Waals surface area contributed by atoms with Gasteiger partial charge in [-0.3, -0.25) is 0 Å². The van der Waals surface area contributed by atoms with Crippen LogP contribution in [0.2, 0.25) is 0 Å². The van der Waals surface area contributed by atoms with Crippen molar-refractivity contribution in [1.82, 2.24) is 0 Å². The first-order chi connectivity index (χ1) is 23.1. The lowest BCUT2D eigenvalue weighted by molar-refractivity contribution is 0.660. The fraction of sp³-hybridized carbons (Fsp3) is 0.0667. The smallest absolute Gasteiger partial charge is 0.136 e. The van der Waals surface area contributed by atoms with E-state index in [2.05, 4.69) is 170 Å². The molecular weight excluding hydrogens is 571 g/mol. The highest BCUT2D eigenvalue weighted by atomic mass is 16.3. The molecule has 1 aromatic heterocycles. The average molecular weight is 604 g/mol. The van der Waals surface area contributed by atoms with Crippen LogP contribution >= 0.6 is 0 Å². The Kier molecular flexibility index (Phi) is 6.20. The van der Waals surface area contributed by atoms with Crippen LogP contribution in [0.4, 0.5) is 17.1 Å². The summed E-state index contributed by atoms with van der Waals surface area (Å²) >= 11 is 0. The van der Waals surface area contributed by atoms with Crippen molar-refractivity contribution in [3.63, 3.8) is 0 Å². The Hall–Kier alpha value is -5.86. The van der Waals surface area contributed by atoms with E-state index in [0.29, 0.717) is 0 Å². The Morgan fingerprint density at radius 1 is 0.447 bits per heavy atom. The summed E-state index contributed by atoms with van der Waals surface area (Å²) in [6.45, 7) is 4.69. The van der Waals surface area contributed by atoms with E-state index in [0.717, 1.165) is 50.1 Å². The van der Waals surface area contributed by atoms with E-state index < -0.39 is 0 Å². The number of hydrogen-bond donors (Lipinski definition) is 0. The number of furan rings is 1. The van der Waals surface area contributed by atoms with Crippen molar-refractivity contribution in [2.24, 2.45) is 0 Å². The van der Waals surface area contributed by atoms with Crippen molar-refractivity contribution < 1.29 is 4.42 Å². The minimum atomic E-state index is -0.106. The quantitative estimate of drug-likeness (QED) is 0.195. The predicted molar refractivity (Wildman–Crippen MR) is 197 cm³/mol. The topological polar surface area (TPSA) is 16.4 Å². The predicted octanol–water partition coefficient (Wildman–Crippen LogP) is 12.7. The molecule has 8 aromatic rings. The monoisotopic (exact) mass is 603 g/mol. The van der Waals surface area contributed by atoms with E-state index in [1.165, 1.54) is 33.4 Å². The zero-order chi connectivity index (χ0) is 31.5. The van der Waals surface area contributed by atoms with Crippen molar-refractivity contribution >= 4 is 39.0 Å². The number of para-hydroxylation sites is 2. The number of benzene rings is 7. The summed E-state index contributed by atoms with van der Waals surface area (Å²) in [5.41, 5.74) is 15.0. The maximum Gasteiger partial charge on any atom is 0.136 e. The normalized spacial score (nSPS) is 13.1. The van der Waals surface area contributed by atoms with Crippen LogP contribution in [0.3, 0.4) is 0 Å². The molecule has 224 valence electrons. The Morgan fingerprint density at radius 3 is 1.98 bits per heavy atom. The maximum absolute atomic E-state index is 6.42. The zero-order valence-electron chi connectivity index (χ0n) is 26.4. The molecule has 1 aliphatic rings. The molecule has 7 aromatic carbocycles. The van der Waals surface area contributed by atoms with Gasteiger partial charge in [0.2, 0.25) is 0 Å². The first kappa shape index (κ1) is 27.5. The first-order valence-electron chi connectivity index (χ1n) is 16.3. The Bertz CT molecular complexity index is 2440. The molecule has 0 aliphatic heterocycles. The van der Waals surface area contributed by atoms with Gasteiger partial charge in [-0.25, -0.2) is 0 Å². The van der Waals surface area contributed by atoms with E-state index in [1.807, 2.05) is 12.1 Å². The van der Waals surface area contributed by atoms with Gasteiger partial charge in [0.25, 0.3) is 0 Å². The van der Waals surface area contributed by atoms with Gasteiger partial charge in [0.05, 0.1) is 5.69 Å². The van der Waals surface area contributed by atoms with Gasteiger partial charge in [-0.15, -0.1) is 0 Å². The molecule has 0 saturated heterocycles. The third kappa shape index (κ3) is 4.33. The zero-order valence-corrected chi connectivity index (χ0v) is 26.4. The SMILES string of the molecule is CC1(C)c2ccccc2-c2ccc(N(c3ccccc3)c3cccc(-c4ccccc4)c3-c3ccc4c(c3)oc3ccccc34)cc21. The van der Waals surface area contributed by atoms with Gasteiger partial charge in [0, 0.05) is 33.1 Å². The van der Waals surface area contributed by atoms with E-state index in [4.69, 9.17) is 4.42 Å². The molecule has 0 unspecified atom stereocenters. The lowest BCUT2D eigenvalue weighted by Gasteiger charge is -2.30. The minimum Gasteiger partial charge on any atom is -0.456 e. The van der Waals surface area contributed by atoms with Crippen LogP contribution in [0, 0.1) is 0 Å². The van der Waals surface area contributed by atoms with Gasteiger partial charge in [0.15, 0.2) is 0 Å². The van der Waals surface area contributed by atoms with Crippen LogP contribution in [0.5, 0.6) is 0 Å². The van der Waals surface area contributed by atoms with Crippen molar-refractivity contribution in [3.8, 4) is 33.4 Å². The third-order valence-electron chi connectivity index (χ3n) is 9.88. The molecular formula is C45H33NO. The second-order valence-corrected chi connectivity index (χ2v) is 12.9. The van der Waals surface area contributed by atoms with Gasteiger partial charge in [-0.1, -0.05) is 129 Å². The van der Waals surface area contributed by atoms with Crippen LogP contribution in [0.15, 0.2) is 168 Å². The number of anilines is 3. The molecule has 0 spiro atoms. The van der Waals surface area contributed by atoms with Gasteiger partial charge >= 0.3 is 0 Å². The van der Waals surface area contributed by atoms with Crippen molar-refractivity contribution in [3.05, 3.63) is 175 Å². The van der Waals surface area contributed by atoms with Gasteiger partial charge in [-0.05, 0) is 87.5 Å². The minimum absolute atomic E-state index is 0.106. The van der Waals surface area contributed by atoms with Crippen LogP contribution in [-0.4, -0.2) is 0 Å². The molecule has 47 heavy (non-hydrogen) atoms. The number of fused-ring (bicyclic) bond motifs is 6. The largest absolute Gasteiger partial charge is 0.456 e. The maximum atomic E-state index is 6.42. The molecule has 9 rings (SSSR count). The Morgan fingerprint density at radius 2 is 1.13 bits per heavy atom. The summed E-state index contributed by atoms with van der Waals surface area (Å²) in [5, 5.41) is 2.27. The summed E-state index contributed by atoms with van der Waals surface area (Å²) in [4.78, 5) is 2.42. The Balaban J connectivity index is 1.31. The summed E-state index contributed by atoms with van der Waals surface area (Å²) < 4.78 is 6.42. The van der Waals surface area contributed by atoms with Crippen LogP contribution < -0.4 is 4.90 Å². The number of hydrogen-bond acceptors (Lipinski definition) is 2. The standard InChI is InChI=1S/C45H33NO/c1-45(2)39-21-11-9-18-35(39)36-27-25-33(29-40(36)45)46(32-16-7-4-8-17-32)41-22-13-20-34(30-14-5-3-6-15-30)44(41)31-24-26-38-37-19-10-12-23-42(37)47-43(38)28-31/h3-29H,1-2H3. The van der Waals surface area contributed by atoms with Crippen molar-refractivity contribution in [1.29, 1.82) is 0 Å². The molecule has 1 heterocycles. The lowest BCUT2D eigenvalue weighted by atomic mass is 9.82. The summed E-state index contributed by atoms with van der Waals surface area (Å²) in [7, 11) is 0. The summed E-state index contributed by atoms with van der Waals surface area (Å²) in [6, 6.07) is 58.9. The second-order valence-electron chi connectivity index (χ2n) is 12.9. The molecule has 2 nitrogen and oxygen atoms in total. The number of nitrogens with zero attached hydrogens (tertiary/aromatic N) is 1. The Labute approximate surface area is 275 Å². The molecule has 0 N–H and O–H groups in total. The molecule has 0 atom stereocenters.